The van der Waals surface area contributed by atoms with Crippen LogP contribution in [0.5, 0.6) is 0 Å². The zero-order valence-corrected chi connectivity index (χ0v) is 15.1. The van der Waals surface area contributed by atoms with Crippen molar-refractivity contribution in [1.29, 1.82) is 0 Å². The molecule has 6 heteroatoms. The molecule has 0 bridgehead atoms. The number of amides is 1. The minimum Gasteiger partial charge on any atom is -0.325 e. The zero-order chi connectivity index (χ0) is 17.7. The van der Waals surface area contributed by atoms with Gasteiger partial charge in [-0.25, -0.2) is 9.97 Å². The number of anilines is 1. The number of aromatic nitrogens is 2. The number of carbonyl (C=O) groups is 2. The van der Waals surface area contributed by atoms with Gasteiger partial charge in [0.1, 0.15) is 0 Å². The Morgan fingerprint density at radius 3 is 2.21 bits per heavy atom. The third-order valence-corrected chi connectivity index (χ3v) is 4.66. The first kappa shape index (κ1) is 18.1. The predicted octanol–water partition coefficient (Wildman–Crippen LogP) is 3.81. The molecule has 1 atom stereocenters. The molecule has 0 spiro atoms. The van der Waals surface area contributed by atoms with E-state index >= 15 is 0 Å². The molecule has 1 aromatic carbocycles. The fraction of sp³-hybridized carbons (Fsp3) is 0.333. The average molecular weight is 343 g/mol. The minimum atomic E-state index is -0.279. The molecule has 126 valence electrons. The maximum atomic E-state index is 12.5. The molecule has 0 aliphatic rings. The zero-order valence-electron chi connectivity index (χ0n) is 14.3. The van der Waals surface area contributed by atoms with E-state index in [0.29, 0.717) is 22.8 Å². The minimum absolute atomic E-state index is 0.00170. The summed E-state index contributed by atoms with van der Waals surface area (Å²) < 4.78 is 0. The maximum Gasteiger partial charge on any atom is 0.237 e. The second-order valence-electron chi connectivity index (χ2n) is 5.57. The van der Waals surface area contributed by atoms with E-state index in [0.717, 1.165) is 11.4 Å². The summed E-state index contributed by atoms with van der Waals surface area (Å²) >= 11 is 1.36. The first-order valence-electron chi connectivity index (χ1n) is 7.80. The molecule has 1 N–H and O–H groups in total. The molecule has 0 aliphatic heterocycles. The van der Waals surface area contributed by atoms with E-state index in [2.05, 4.69) is 15.3 Å². The quantitative estimate of drug-likeness (QED) is 0.490. The molecule has 0 unspecified atom stereocenters. The van der Waals surface area contributed by atoms with Gasteiger partial charge in [-0.1, -0.05) is 18.7 Å². The van der Waals surface area contributed by atoms with E-state index in [1.807, 2.05) is 26.8 Å². The van der Waals surface area contributed by atoms with Gasteiger partial charge in [0.05, 0.1) is 5.25 Å². The van der Waals surface area contributed by atoms with Crippen LogP contribution in [0.2, 0.25) is 0 Å². The van der Waals surface area contributed by atoms with Crippen LogP contribution < -0.4 is 5.32 Å². The fourth-order valence-electron chi connectivity index (χ4n) is 2.21. The topological polar surface area (TPSA) is 72.0 Å². The Balaban J connectivity index is 2.06. The standard InChI is InChI=1S/C18H21N3O2S/c1-5-16(24-18-19-11(2)10-12(3)20-18)17(23)21-15-8-6-14(7-9-15)13(4)22/h6-10,16H,5H2,1-4H3,(H,21,23)/t16-/m0/s1. The lowest BCUT2D eigenvalue weighted by Crippen LogP contribution is -2.25. The van der Waals surface area contributed by atoms with Crippen LogP contribution in [-0.4, -0.2) is 26.9 Å². The number of nitrogens with zero attached hydrogens (tertiary/aromatic N) is 2. The maximum absolute atomic E-state index is 12.5. The van der Waals surface area contributed by atoms with Crippen molar-refractivity contribution in [2.24, 2.45) is 0 Å². The van der Waals surface area contributed by atoms with Crippen LogP contribution in [0.25, 0.3) is 0 Å². The lowest BCUT2D eigenvalue weighted by Gasteiger charge is -2.14. The van der Waals surface area contributed by atoms with Crippen LogP contribution in [0, 0.1) is 13.8 Å². The van der Waals surface area contributed by atoms with Gasteiger partial charge in [-0.15, -0.1) is 0 Å². The van der Waals surface area contributed by atoms with Crippen molar-refractivity contribution >= 4 is 29.1 Å². The highest BCUT2D eigenvalue weighted by Gasteiger charge is 2.20. The van der Waals surface area contributed by atoms with Crippen LogP contribution in [0.15, 0.2) is 35.5 Å². The summed E-state index contributed by atoms with van der Waals surface area (Å²) in [5, 5.41) is 3.22. The van der Waals surface area contributed by atoms with E-state index in [9.17, 15) is 9.59 Å². The van der Waals surface area contributed by atoms with Crippen LogP contribution in [0.1, 0.15) is 42.0 Å². The third kappa shape index (κ3) is 4.89. The number of carbonyl (C=O) groups excluding carboxylic acids is 2. The molecule has 1 amide bonds. The van der Waals surface area contributed by atoms with Crippen LogP contribution >= 0.6 is 11.8 Å². The Morgan fingerprint density at radius 2 is 1.71 bits per heavy atom. The van der Waals surface area contributed by atoms with E-state index in [1.165, 1.54) is 18.7 Å². The van der Waals surface area contributed by atoms with Gasteiger partial charge in [-0.3, -0.25) is 9.59 Å². The molecule has 0 radical (unpaired) electrons. The summed E-state index contributed by atoms with van der Waals surface area (Å²) in [6.45, 7) is 7.30. The lowest BCUT2D eigenvalue weighted by molar-refractivity contribution is -0.115. The number of rotatable bonds is 6. The van der Waals surface area contributed by atoms with E-state index in [4.69, 9.17) is 0 Å². The van der Waals surface area contributed by atoms with Gasteiger partial charge < -0.3 is 5.32 Å². The number of benzene rings is 1. The Bertz CT molecular complexity index is 724. The number of Topliss-reactive ketones (excluding diaryl/α,β-unsaturated/α-hetero) is 1. The molecule has 0 aliphatic carbocycles. The highest BCUT2D eigenvalue weighted by molar-refractivity contribution is 8.00. The van der Waals surface area contributed by atoms with Crippen molar-refractivity contribution in [2.75, 3.05) is 5.32 Å². The van der Waals surface area contributed by atoms with Crippen molar-refractivity contribution < 1.29 is 9.59 Å². The van der Waals surface area contributed by atoms with Crippen molar-refractivity contribution in [2.45, 2.75) is 44.5 Å². The van der Waals surface area contributed by atoms with Gasteiger partial charge in [0.25, 0.3) is 0 Å². The Kier molecular flexibility index (Phi) is 6.09. The second kappa shape index (κ2) is 8.06. The Labute approximate surface area is 146 Å². The number of ketones is 1. The van der Waals surface area contributed by atoms with Crippen molar-refractivity contribution in [3.8, 4) is 0 Å². The first-order chi connectivity index (χ1) is 11.4. The Hall–Kier alpha value is -2.21. The van der Waals surface area contributed by atoms with Gasteiger partial charge >= 0.3 is 0 Å². The van der Waals surface area contributed by atoms with E-state index < -0.39 is 0 Å². The van der Waals surface area contributed by atoms with E-state index in [1.54, 1.807) is 24.3 Å². The van der Waals surface area contributed by atoms with Crippen molar-refractivity contribution in [3.05, 3.63) is 47.3 Å². The molecule has 24 heavy (non-hydrogen) atoms. The summed E-state index contributed by atoms with van der Waals surface area (Å²) in [5.41, 5.74) is 3.07. The highest BCUT2D eigenvalue weighted by Crippen LogP contribution is 2.24. The SMILES string of the molecule is CC[C@H](Sc1nc(C)cc(C)n1)C(=O)Nc1ccc(C(C)=O)cc1. The van der Waals surface area contributed by atoms with Gasteiger partial charge in [0.15, 0.2) is 10.9 Å². The Morgan fingerprint density at radius 1 is 1.12 bits per heavy atom. The van der Waals surface area contributed by atoms with Gasteiger partial charge in [0, 0.05) is 22.6 Å². The van der Waals surface area contributed by atoms with Gasteiger partial charge in [-0.05, 0) is 57.5 Å². The first-order valence-corrected chi connectivity index (χ1v) is 8.67. The molecule has 0 fully saturated rings. The van der Waals surface area contributed by atoms with Crippen molar-refractivity contribution in [1.82, 2.24) is 9.97 Å². The normalized spacial score (nSPS) is 11.8. The molecule has 0 saturated carbocycles. The molecular weight excluding hydrogens is 322 g/mol. The smallest absolute Gasteiger partial charge is 0.237 e. The summed E-state index contributed by atoms with van der Waals surface area (Å²) in [6, 6.07) is 8.79. The largest absolute Gasteiger partial charge is 0.325 e. The van der Waals surface area contributed by atoms with E-state index in [-0.39, 0.29) is 16.9 Å². The summed E-state index contributed by atoms with van der Waals surface area (Å²) in [5.74, 6) is -0.0948. The second-order valence-corrected chi connectivity index (χ2v) is 6.74. The summed E-state index contributed by atoms with van der Waals surface area (Å²) in [6.07, 6.45) is 0.665. The van der Waals surface area contributed by atoms with Crippen LogP contribution in [0.3, 0.4) is 0 Å². The molecule has 2 rings (SSSR count). The molecule has 5 nitrogen and oxygen atoms in total. The molecular formula is C18H21N3O2S. The van der Waals surface area contributed by atoms with Crippen LogP contribution in [0.4, 0.5) is 5.69 Å². The van der Waals surface area contributed by atoms with Gasteiger partial charge in [0.2, 0.25) is 5.91 Å². The number of hydrogen-bond donors (Lipinski definition) is 1. The summed E-state index contributed by atoms with van der Waals surface area (Å²) in [7, 11) is 0. The highest BCUT2D eigenvalue weighted by atomic mass is 32.2. The molecule has 2 aromatic rings. The third-order valence-electron chi connectivity index (χ3n) is 3.43. The monoisotopic (exact) mass is 343 g/mol. The van der Waals surface area contributed by atoms with Crippen molar-refractivity contribution in [3.63, 3.8) is 0 Å². The fourth-order valence-corrected chi connectivity index (χ4v) is 3.19. The average Bonchev–Trinajstić information content (AvgIpc) is 2.52. The number of aryl methyl sites for hydroxylation is 2. The number of thioether (sulfide) groups is 1. The number of nitrogens with one attached hydrogen (secondary N) is 1. The lowest BCUT2D eigenvalue weighted by atomic mass is 10.1. The molecule has 1 aromatic heterocycles. The number of hydrogen-bond acceptors (Lipinski definition) is 5. The van der Waals surface area contributed by atoms with Crippen LogP contribution in [-0.2, 0) is 4.79 Å². The van der Waals surface area contributed by atoms with Gasteiger partial charge in [-0.2, -0.15) is 0 Å². The molecule has 1 heterocycles. The molecule has 0 saturated heterocycles. The predicted molar refractivity (Wildman–Crippen MR) is 96.5 cm³/mol. The summed E-state index contributed by atoms with van der Waals surface area (Å²) in [4.78, 5) is 32.5.